The first-order chi connectivity index (χ1) is 12.9. The first kappa shape index (κ1) is 24.5. The van der Waals surface area contributed by atoms with Crippen molar-refractivity contribution in [2.24, 2.45) is 5.92 Å². The minimum Gasteiger partial charge on any atom is -0.488 e. The second-order valence-electron chi connectivity index (χ2n) is 11.4. The smallest absolute Gasteiger partial charge is 0.488 e. The topological polar surface area (TPSA) is 47.9 Å². The van der Waals surface area contributed by atoms with E-state index in [0.717, 1.165) is 17.6 Å². The van der Waals surface area contributed by atoms with Crippen molar-refractivity contribution < 1.29 is 18.8 Å². The second kappa shape index (κ2) is 7.70. The minimum atomic E-state index is -2.25. The van der Waals surface area contributed by atoms with Crippen molar-refractivity contribution in [1.29, 1.82) is 0 Å². The van der Waals surface area contributed by atoms with Crippen LogP contribution in [0.1, 0.15) is 68.7 Å². The van der Waals surface area contributed by atoms with E-state index in [1.807, 2.05) is 37.4 Å². The molecule has 0 aliphatic carbocycles. The first-order valence-electron chi connectivity index (χ1n) is 10.7. The maximum atomic E-state index is 10.6. The van der Waals surface area contributed by atoms with Crippen molar-refractivity contribution in [3.8, 4) is 5.75 Å². The van der Waals surface area contributed by atoms with Crippen LogP contribution < -0.4 is 10.2 Å². The van der Waals surface area contributed by atoms with Crippen molar-refractivity contribution >= 4 is 20.9 Å². The Kier molecular flexibility index (Phi) is 6.49. The molecule has 1 heterocycles. The van der Waals surface area contributed by atoms with Gasteiger partial charge < -0.3 is 18.8 Å². The van der Waals surface area contributed by atoms with Crippen LogP contribution in [-0.4, -0.2) is 37.0 Å². The number of rotatable bonds is 7. The van der Waals surface area contributed by atoms with E-state index in [-0.39, 0.29) is 29.0 Å². The van der Waals surface area contributed by atoms with Crippen LogP contribution in [0.15, 0.2) is 24.3 Å². The highest BCUT2D eigenvalue weighted by Gasteiger charge is 2.51. The van der Waals surface area contributed by atoms with Crippen LogP contribution in [-0.2, 0) is 9.31 Å². The Hall–Kier alpha value is -0.818. The van der Waals surface area contributed by atoms with E-state index in [1.54, 1.807) is 0 Å². The molecular weight excluding hydrogens is 379 g/mol. The quantitative estimate of drug-likeness (QED) is 0.620. The van der Waals surface area contributed by atoms with Gasteiger partial charge in [0.2, 0.25) is 0 Å². The molecule has 6 heteroatoms. The summed E-state index contributed by atoms with van der Waals surface area (Å²) in [5, 5.41) is -0.0757. The normalized spacial score (nSPS) is 20.6. The molecule has 0 radical (unpaired) electrons. The molecule has 1 fully saturated rings. The lowest BCUT2D eigenvalue weighted by Crippen LogP contribution is -2.44. The third kappa shape index (κ3) is 5.27. The van der Waals surface area contributed by atoms with E-state index in [0.29, 0.717) is 5.92 Å². The molecule has 29 heavy (non-hydrogen) atoms. The summed E-state index contributed by atoms with van der Waals surface area (Å²) in [6.45, 7) is 23.1. The van der Waals surface area contributed by atoms with Crippen molar-refractivity contribution in [3.63, 3.8) is 0 Å². The summed E-state index contributed by atoms with van der Waals surface area (Å²) in [6.07, 6.45) is 0.918. The monoisotopic (exact) mass is 420 g/mol. The lowest BCUT2D eigenvalue weighted by Gasteiger charge is -2.41. The Morgan fingerprint density at radius 3 is 1.86 bits per heavy atom. The Balaban J connectivity index is 2.07. The summed E-state index contributed by atoms with van der Waals surface area (Å²) >= 11 is 0. The molecule has 0 aromatic heterocycles. The molecule has 1 atom stereocenters. The van der Waals surface area contributed by atoms with E-state index < -0.39 is 8.32 Å². The van der Waals surface area contributed by atoms with Gasteiger partial charge in [-0.3, -0.25) is 0 Å². The van der Waals surface area contributed by atoms with Gasteiger partial charge in [0.1, 0.15) is 11.4 Å². The maximum absolute atomic E-state index is 10.6. The van der Waals surface area contributed by atoms with Gasteiger partial charge in [-0.25, -0.2) is 0 Å². The number of benzene rings is 1. The molecule has 1 unspecified atom stereocenters. The average Bonchev–Trinajstić information content (AvgIpc) is 2.74. The summed E-state index contributed by atoms with van der Waals surface area (Å²) in [5.74, 6) is 1.12. The third-order valence-electron chi connectivity index (χ3n) is 7.45. The van der Waals surface area contributed by atoms with Crippen molar-refractivity contribution in [1.82, 2.24) is 0 Å². The summed E-state index contributed by atoms with van der Waals surface area (Å²) in [6, 6.07) is 8.02. The van der Waals surface area contributed by atoms with Crippen molar-refractivity contribution in [3.05, 3.63) is 24.3 Å². The molecular formula is C23H41BO4Si. The van der Waals surface area contributed by atoms with E-state index in [2.05, 4.69) is 62.3 Å². The van der Waals surface area contributed by atoms with Gasteiger partial charge in [0, 0.05) is 0 Å². The average molecular weight is 420 g/mol. The third-order valence-corrected chi connectivity index (χ3v) is 11.0. The van der Waals surface area contributed by atoms with Crippen molar-refractivity contribution in [2.75, 3.05) is 0 Å². The van der Waals surface area contributed by atoms with Crippen LogP contribution in [0.4, 0.5) is 0 Å². The van der Waals surface area contributed by atoms with E-state index in [1.165, 1.54) is 0 Å². The van der Waals surface area contributed by atoms with Gasteiger partial charge >= 0.3 is 7.12 Å². The lowest BCUT2D eigenvalue weighted by atomic mass is 9.79. The molecule has 1 N–H and O–H groups in total. The van der Waals surface area contributed by atoms with Crippen LogP contribution >= 0.6 is 0 Å². The Morgan fingerprint density at radius 1 is 1.00 bits per heavy atom. The van der Waals surface area contributed by atoms with E-state index in [9.17, 15) is 4.80 Å². The Morgan fingerprint density at radius 2 is 1.45 bits per heavy atom. The van der Waals surface area contributed by atoms with Gasteiger partial charge in [-0.1, -0.05) is 32.9 Å². The first-order valence-corrected chi connectivity index (χ1v) is 13.7. The van der Waals surface area contributed by atoms with Crippen LogP contribution in [0, 0.1) is 5.92 Å². The summed E-state index contributed by atoms with van der Waals surface area (Å²) < 4.78 is 18.6. The predicted molar refractivity (Wildman–Crippen MR) is 124 cm³/mol. The Bertz CT molecular complexity index is 689. The minimum absolute atomic E-state index is 0.0757. The van der Waals surface area contributed by atoms with Crippen molar-refractivity contribution in [2.45, 2.75) is 104 Å². The van der Waals surface area contributed by atoms with E-state index in [4.69, 9.17) is 14.0 Å². The molecule has 0 saturated carbocycles. The predicted octanol–water partition coefficient (Wildman–Crippen LogP) is 5.15. The fourth-order valence-corrected chi connectivity index (χ4v) is 4.14. The molecule has 2 rings (SSSR count). The van der Waals surface area contributed by atoms with Gasteiger partial charge in [-0.15, -0.1) is 0 Å². The zero-order chi connectivity index (χ0) is 22.5. The zero-order valence-electron chi connectivity index (χ0n) is 20.3. The molecule has 0 amide bonds. The maximum Gasteiger partial charge on any atom is 0.494 e. The highest BCUT2D eigenvalue weighted by molar-refractivity contribution is 6.72. The molecule has 0 bridgehead atoms. The highest BCUT2D eigenvalue weighted by Crippen LogP contribution is 2.44. The van der Waals surface area contributed by atoms with Gasteiger partial charge in [-0.05, 0) is 89.6 Å². The molecule has 1 aliphatic heterocycles. The zero-order valence-corrected chi connectivity index (χ0v) is 21.3. The molecule has 1 aromatic rings. The van der Waals surface area contributed by atoms with Gasteiger partial charge in [-0.2, -0.15) is 0 Å². The van der Waals surface area contributed by atoms with Crippen LogP contribution in [0.3, 0.4) is 0 Å². The van der Waals surface area contributed by atoms with Crippen LogP contribution in [0.25, 0.3) is 0 Å². The molecule has 1 aromatic carbocycles. The molecule has 4 nitrogen and oxygen atoms in total. The van der Waals surface area contributed by atoms with Crippen LogP contribution in [0.2, 0.25) is 18.1 Å². The number of hydrogen-bond donors (Lipinski definition) is 1. The molecule has 0 spiro atoms. The largest absolute Gasteiger partial charge is 0.494 e. The SMILES string of the molecule is CC(CC(C)(C)[Si](C)(C)O)C(C)(C)Oc1ccc(B2OC(C)(C)C(C)(C)O2)cc1. The van der Waals surface area contributed by atoms with Gasteiger partial charge in [0.25, 0.3) is 0 Å². The number of ether oxygens (including phenoxy) is 1. The summed E-state index contributed by atoms with van der Waals surface area (Å²) in [4.78, 5) is 10.6. The van der Waals surface area contributed by atoms with Crippen LogP contribution in [0.5, 0.6) is 5.75 Å². The standard InChI is InChI=1S/C23H41BO4Si/c1-17(16-20(2,3)29(10,11)25)21(4,5)26-19-14-12-18(13-15-19)24-27-22(6,7)23(8,9)28-24/h12-15,17,25H,16H2,1-11H3. The lowest BCUT2D eigenvalue weighted by molar-refractivity contribution is 0.00578. The second-order valence-corrected chi connectivity index (χ2v) is 15.9. The van der Waals surface area contributed by atoms with E-state index >= 15 is 0 Å². The molecule has 164 valence electrons. The fraction of sp³-hybridized carbons (Fsp3) is 0.739. The van der Waals surface area contributed by atoms with Gasteiger partial charge in [0.05, 0.1) is 11.2 Å². The summed E-state index contributed by atoms with van der Waals surface area (Å²) in [5.41, 5.74) is -0.0409. The van der Waals surface area contributed by atoms with Gasteiger partial charge in [0.15, 0.2) is 8.32 Å². The highest BCUT2D eigenvalue weighted by atomic mass is 28.4. The number of hydrogen-bond acceptors (Lipinski definition) is 4. The summed E-state index contributed by atoms with van der Waals surface area (Å²) in [7, 11) is -2.61. The fourth-order valence-electron chi connectivity index (χ4n) is 3.34. The molecule has 1 aliphatic rings. The molecule has 1 saturated heterocycles. The Labute approximate surface area is 179 Å².